The molecule has 0 aliphatic carbocycles. The Labute approximate surface area is 124 Å². The molecule has 0 saturated carbocycles. The van der Waals surface area contributed by atoms with Crippen molar-refractivity contribution in [2.24, 2.45) is 0 Å². The van der Waals surface area contributed by atoms with Gasteiger partial charge in [-0.1, -0.05) is 0 Å². The first-order valence-corrected chi connectivity index (χ1v) is 6.53. The summed E-state index contributed by atoms with van der Waals surface area (Å²) >= 11 is 0. The van der Waals surface area contributed by atoms with E-state index in [2.05, 4.69) is 5.32 Å². The van der Waals surface area contributed by atoms with E-state index in [0.717, 1.165) is 5.56 Å². The van der Waals surface area contributed by atoms with Crippen LogP contribution in [0.5, 0.6) is 17.2 Å². The molecule has 0 fully saturated rings. The van der Waals surface area contributed by atoms with Gasteiger partial charge >= 0.3 is 0 Å². The second kappa shape index (κ2) is 8.86. The molecule has 1 amide bonds. The van der Waals surface area contributed by atoms with Gasteiger partial charge in [0.05, 0.1) is 21.3 Å². The minimum absolute atomic E-state index is 0.0525. The van der Waals surface area contributed by atoms with Gasteiger partial charge in [-0.25, -0.2) is 0 Å². The SMILES string of the molecule is COc1cc(C=CC(=O)NCCCO)cc(OC)c1OC. The van der Waals surface area contributed by atoms with Crippen LogP contribution in [0.25, 0.3) is 6.08 Å². The Morgan fingerprint density at radius 2 is 1.81 bits per heavy atom. The molecule has 6 nitrogen and oxygen atoms in total. The number of hydrogen-bond acceptors (Lipinski definition) is 5. The monoisotopic (exact) mass is 295 g/mol. The first-order valence-electron chi connectivity index (χ1n) is 6.53. The Kier molecular flexibility index (Phi) is 7.11. The number of carbonyl (C=O) groups is 1. The number of ether oxygens (including phenoxy) is 3. The Bertz CT molecular complexity index is 474. The summed E-state index contributed by atoms with van der Waals surface area (Å²) in [5.74, 6) is 1.33. The molecule has 0 bridgehead atoms. The van der Waals surface area contributed by atoms with Gasteiger partial charge in [0, 0.05) is 19.2 Å². The minimum Gasteiger partial charge on any atom is -0.493 e. The molecule has 1 aromatic carbocycles. The van der Waals surface area contributed by atoms with Crippen LogP contribution in [0.4, 0.5) is 0 Å². The van der Waals surface area contributed by atoms with E-state index in [1.807, 2.05) is 0 Å². The average Bonchev–Trinajstić information content (AvgIpc) is 2.51. The van der Waals surface area contributed by atoms with Crippen molar-refractivity contribution < 1.29 is 24.1 Å². The number of benzene rings is 1. The van der Waals surface area contributed by atoms with E-state index < -0.39 is 0 Å². The van der Waals surface area contributed by atoms with Crippen molar-refractivity contribution in [2.45, 2.75) is 6.42 Å². The molecular formula is C15H21NO5. The van der Waals surface area contributed by atoms with Crippen molar-refractivity contribution in [1.29, 1.82) is 0 Å². The van der Waals surface area contributed by atoms with Crippen LogP contribution in [0.15, 0.2) is 18.2 Å². The molecule has 6 heteroatoms. The van der Waals surface area contributed by atoms with Crippen molar-refractivity contribution in [3.63, 3.8) is 0 Å². The van der Waals surface area contributed by atoms with Crippen LogP contribution in [-0.4, -0.2) is 45.5 Å². The van der Waals surface area contributed by atoms with Gasteiger partial charge in [-0.05, 0) is 30.2 Å². The second-order valence-corrected chi connectivity index (χ2v) is 4.16. The summed E-state index contributed by atoms with van der Waals surface area (Å²) in [4.78, 5) is 11.6. The molecule has 0 atom stereocenters. The third kappa shape index (κ3) is 5.00. The Morgan fingerprint density at radius 1 is 1.19 bits per heavy atom. The number of aliphatic hydroxyl groups excluding tert-OH is 1. The van der Waals surface area contributed by atoms with Gasteiger partial charge < -0.3 is 24.6 Å². The van der Waals surface area contributed by atoms with Crippen LogP contribution in [0.3, 0.4) is 0 Å². The molecule has 2 N–H and O–H groups in total. The average molecular weight is 295 g/mol. The van der Waals surface area contributed by atoms with E-state index in [-0.39, 0.29) is 12.5 Å². The fourth-order valence-corrected chi connectivity index (χ4v) is 1.72. The predicted octanol–water partition coefficient (Wildman–Crippen LogP) is 1.22. The summed E-state index contributed by atoms with van der Waals surface area (Å²) in [6.07, 6.45) is 3.60. The molecule has 0 heterocycles. The van der Waals surface area contributed by atoms with E-state index in [0.29, 0.717) is 30.2 Å². The van der Waals surface area contributed by atoms with Gasteiger partial charge in [-0.3, -0.25) is 4.79 Å². The second-order valence-electron chi connectivity index (χ2n) is 4.16. The van der Waals surface area contributed by atoms with Crippen LogP contribution >= 0.6 is 0 Å². The van der Waals surface area contributed by atoms with E-state index in [1.165, 1.54) is 27.4 Å². The summed E-state index contributed by atoms with van der Waals surface area (Å²) in [5.41, 5.74) is 0.752. The molecule has 0 unspecified atom stereocenters. The fourth-order valence-electron chi connectivity index (χ4n) is 1.72. The molecule has 0 aliphatic rings. The first-order chi connectivity index (χ1) is 10.2. The number of aliphatic hydroxyl groups is 1. The highest BCUT2D eigenvalue weighted by Crippen LogP contribution is 2.38. The quantitative estimate of drug-likeness (QED) is 0.557. The lowest BCUT2D eigenvalue weighted by atomic mass is 10.1. The minimum atomic E-state index is -0.225. The van der Waals surface area contributed by atoms with E-state index in [9.17, 15) is 4.79 Å². The van der Waals surface area contributed by atoms with Crippen LogP contribution < -0.4 is 19.5 Å². The largest absolute Gasteiger partial charge is 0.493 e. The molecule has 0 aromatic heterocycles. The van der Waals surface area contributed by atoms with Gasteiger partial charge in [0.25, 0.3) is 0 Å². The number of hydrogen-bond donors (Lipinski definition) is 2. The summed E-state index contributed by atoms with van der Waals surface area (Å²) in [6.45, 7) is 0.492. The maximum atomic E-state index is 11.6. The Morgan fingerprint density at radius 3 is 2.29 bits per heavy atom. The van der Waals surface area contributed by atoms with Crippen LogP contribution in [0.1, 0.15) is 12.0 Å². The molecule has 116 valence electrons. The highest BCUT2D eigenvalue weighted by Gasteiger charge is 2.12. The fraction of sp³-hybridized carbons (Fsp3) is 0.400. The van der Waals surface area contributed by atoms with E-state index in [4.69, 9.17) is 19.3 Å². The summed E-state index contributed by atoms with van der Waals surface area (Å²) in [7, 11) is 4.60. The predicted molar refractivity (Wildman–Crippen MR) is 79.8 cm³/mol. The normalized spacial score (nSPS) is 10.5. The smallest absolute Gasteiger partial charge is 0.244 e. The van der Waals surface area contributed by atoms with Gasteiger partial charge in [0.2, 0.25) is 11.7 Å². The van der Waals surface area contributed by atoms with Gasteiger partial charge in [-0.15, -0.1) is 0 Å². The summed E-state index contributed by atoms with van der Waals surface area (Å²) in [6, 6.07) is 3.50. The maximum Gasteiger partial charge on any atom is 0.244 e. The molecule has 0 radical (unpaired) electrons. The zero-order chi connectivity index (χ0) is 15.7. The van der Waals surface area contributed by atoms with Crippen LogP contribution in [-0.2, 0) is 4.79 Å². The van der Waals surface area contributed by atoms with Crippen molar-refractivity contribution in [3.8, 4) is 17.2 Å². The van der Waals surface area contributed by atoms with Crippen molar-refractivity contribution in [2.75, 3.05) is 34.5 Å². The van der Waals surface area contributed by atoms with Crippen molar-refractivity contribution in [1.82, 2.24) is 5.32 Å². The standard InChI is InChI=1S/C15H21NO5/c1-19-12-9-11(10-13(20-2)15(12)21-3)5-6-14(18)16-7-4-8-17/h5-6,9-10,17H,4,7-8H2,1-3H3,(H,16,18). The highest BCUT2D eigenvalue weighted by atomic mass is 16.5. The van der Waals surface area contributed by atoms with Gasteiger partial charge in [0.15, 0.2) is 11.5 Å². The number of methoxy groups -OCH3 is 3. The topological polar surface area (TPSA) is 77.0 Å². The zero-order valence-corrected chi connectivity index (χ0v) is 12.5. The number of rotatable bonds is 8. The van der Waals surface area contributed by atoms with E-state index >= 15 is 0 Å². The molecule has 1 aromatic rings. The molecule has 0 spiro atoms. The Hall–Kier alpha value is -2.21. The number of carbonyl (C=O) groups excluding carboxylic acids is 1. The molecule has 1 rings (SSSR count). The van der Waals surface area contributed by atoms with Gasteiger partial charge in [-0.2, -0.15) is 0 Å². The highest BCUT2D eigenvalue weighted by molar-refractivity contribution is 5.91. The van der Waals surface area contributed by atoms with E-state index in [1.54, 1.807) is 18.2 Å². The maximum absolute atomic E-state index is 11.6. The Balaban J connectivity index is 2.86. The third-order valence-corrected chi connectivity index (χ3v) is 2.75. The van der Waals surface area contributed by atoms with Crippen molar-refractivity contribution in [3.05, 3.63) is 23.8 Å². The lowest BCUT2D eigenvalue weighted by Gasteiger charge is -2.12. The van der Waals surface area contributed by atoms with Crippen LogP contribution in [0.2, 0.25) is 0 Å². The van der Waals surface area contributed by atoms with Crippen molar-refractivity contribution >= 4 is 12.0 Å². The number of amides is 1. The lowest BCUT2D eigenvalue weighted by molar-refractivity contribution is -0.116. The first kappa shape index (κ1) is 16.8. The molecule has 0 aliphatic heterocycles. The molecule has 0 saturated heterocycles. The molecule has 21 heavy (non-hydrogen) atoms. The zero-order valence-electron chi connectivity index (χ0n) is 12.5. The van der Waals surface area contributed by atoms with Gasteiger partial charge in [0.1, 0.15) is 0 Å². The third-order valence-electron chi connectivity index (χ3n) is 2.75. The lowest BCUT2D eigenvalue weighted by Crippen LogP contribution is -2.22. The summed E-state index contributed by atoms with van der Waals surface area (Å²) < 4.78 is 15.7. The van der Waals surface area contributed by atoms with Crippen LogP contribution in [0, 0.1) is 0 Å². The molecular weight excluding hydrogens is 274 g/mol. The number of nitrogens with one attached hydrogen (secondary N) is 1. The summed E-state index contributed by atoms with van der Waals surface area (Å²) in [5, 5.41) is 11.3.